The van der Waals surface area contributed by atoms with E-state index in [0.29, 0.717) is 0 Å². The van der Waals surface area contributed by atoms with E-state index in [9.17, 15) is 9.59 Å². The lowest BCUT2D eigenvalue weighted by Gasteiger charge is -2.17. The molecule has 0 aliphatic carbocycles. The Morgan fingerprint density at radius 1 is 1.38 bits per heavy atom. The van der Waals surface area contributed by atoms with Crippen LogP contribution in [0.25, 0.3) is 0 Å². The number of nitrogens with one attached hydrogen (secondary N) is 1. The second-order valence-corrected chi connectivity index (χ2v) is 3.52. The van der Waals surface area contributed by atoms with E-state index in [2.05, 4.69) is 15.3 Å². The van der Waals surface area contributed by atoms with Crippen molar-refractivity contribution < 1.29 is 9.59 Å². The maximum Gasteiger partial charge on any atom is 0.272 e. The van der Waals surface area contributed by atoms with E-state index in [1.165, 1.54) is 23.5 Å². The summed E-state index contributed by atoms with van der Waals surface area (Å²) < 4.78 is 0. The van der Waals surface area contributed by atoms with E-state index in [1.54, 1.807) is 21.0 Å². The van der Waals surface area contributed by atoms with E-state index in [-0.39, 0.29) is 11.6 Å². The maximum atomic E-state index is 11.6. The molecule has 0 saturated carbocycles. The highest BCUT2D eigenvalue weighted by molar-refractivity contribution is 5.95. The van der Waals surface area contributed by atoms with E-state index >= 15 is 0 Å². The average Bonchev–Trinajstić information content (AvgIpc) is 2.28. The first-order valence-corrected chi connectivity index (χ1v) is 4.80. The van der Waals surface area contributed by atoms with Crippen LogP contribution in [0.1, 0.15) is 17.4 Å². The molecular weight excluding hydrogens is 208 g/mol. The summed E-state index contributed by atoms with van der Waals surface area (Å²) in [6, 6.07) is -0.579. The number of carbonyl (C=O) groups is 2. The summed E-state index contributed by atoms with van der Waals surface area (Å²) in [5.74, 6) is -0.576. The molecule has 0 aliphatic heterocycles. The molecule has 0 unspecified atom stereocenters. The van der Waals surface area contributed by atoms with Crippen molar-refractivity contribution in [1.29, 1.82) is 0 Å². The van der Waals surface area contributed by atoms with Crippen molar-refractivity contribution >= 4 is 11.8 Å². The molecule has 0 saturated heterocycles. The number of hydrogen-bond acceptors (Lipinski definition) is 4. The quantitative estimate of drug-likeness (QED) is 0.760. The monoisotopic (exact) mass is 222 g/mol. The first kappa shape index (κ1) is 12.1. The maximum absolute atomic E-state index is 11.6. The summed E-state index contributed by atoms with van der Waals surface area (Å²) in [6.07, 6.45) is 4.25. The Kier molecular flexibility index (Phi) is 3.93. The Morgan fingerprint density at radius 3 is 2.56 bits per heavy atom. The molecule has 0 radical (unpaired) electrons. The molecule has 1 heterocycles. The summed E-state index contributed by atoms with van der Waals surface area (Å²) in [7, 11) is 3.26. The fourth-order valence-corrected chi connectivity index (χ4v) is 1.14. The number of aromatic nitrogens is 2. The summed E-state index contributed by atoms with van der Waals surface area (Å²) in [6.45, 7) is 1.62. The molecule has 1 N–H and O–H groups in total. The molecule has 16 heavy (non-hydrogen) atoms. The molecule has 1 rings (SSSR count). The highest BCUT2D eigenvalue weighted by Crippen LogP contribution is 1.94. The minimum Gasteiger partial charge on any atom is -0.347 e. The molecule has 6 nitrogen and oxygen atoms in total. The third-order valence-electron chi connectivity index (χ3n) is 1.95. The van der Waals surface area contributed by atoms with E-state index in [0.717, 1.165) is 0 Å². The van der Waals surface area contributed by atoms with Gasteiger partial charge in [-0.3, -0.25) is 14.6 Å². The van der Waals surface area contributed by atoms with Gasteiger partial charge in [-0.15, -0.1) is 0 Å². The predicted molar refractivity (Wildman–Crippen MR) is 57.7 cm³/mol. The van der Waals surface area contributed by atoms with Gasteiger partial charge in [0.2, 0.25) is 5.91 Å². The molecule has 6 heteroatoms. The van der Waals surface area contributed by atoms with Gasteiger partial charge >= 0.3 is 0 Å². The van der Waals surface area contributed by atoms with Gasteiger partial charge in [-0.25, -0.2) is 4.98 Å². The van der Waals surface area contributed by atoms with Crippen molar-refractivity contribution in [2.75, 3.05) is 14.1 Å². The normalized spacial score (nSPS) is 11.7. The first-order chi connectivity index (χ1) is 7.52. The zero-order chi connectivity index (χ0) is 12.1. The second-order valence-electron chi connectivity index (χ2n) is 3.52. The number of amides is 2. The van der Waals surface area contributed by atoms with Crippen molar-refractivity contribution in [3.63, 3.8) is 0 Å². The summed E-state index contributed by atoms with van der Waals surface area (Å²) >= 11 is 0. The minimum absolute atomic E-state index is 0.169. The van der Waals surface area contributed by atoms with E-state index in [4.69, 9.17) is 0 Å². The number of hydrogen-bond donors (Lipinski definition) is 1. The van der Waals surface area contributed by atoms with Crippen LogP contribution in [-0.4, -0.2) is 46.8 Å². The third-order valence-corrected chi connectivity index (χ3v) is 1.95. The Balaban J connectivity index is 2.62. The zero-order valence-electron chi connectivity index (χ0n) is 9.47. The minimum atomic E-state index is -0.579. The molecule has 2 amide bonds. The van der Waals surface area contributed by atoms with Crippen molar-refractivity contribution in [1.82, 2.24) is 20.2 Å². The lowest BCUT2D eigenvalue weighted by atomic mass is 10.3. The molecule has 1 atom stereocenters. The molecule has 0 bridgehead atoms. The smallest absolute Gasteiger partial charge is 0.272 e. The third kappa shape index (κ3) is 3.01. The molecule has 1 aromatic rings. The lowest BCUT2D eigenvalue weighted by Crippen LogP contribution is -2.44. The average molecular weight is 222 g/mol. The molecule has 0 aromatic carbocycles. The Bertz CT molecular complexity index is 378. The van der Waals surface area contributed by atoms with E-state index in [1.807, 2.05) is 0 Å². The van der Waals surface area contributed by atoms with Crippen LogP contribution in [0.4, 0.5) is 0 Å². The van der Waals surface area contributed by atoms with Gasteiger partial charge in [-0.1, -0.05) is 0 Å². The fourth-order valence-electron chi connectivity index (χ4n) is 1.14. The Morgan fingerprint density at radius 2 is 2.06 bits per heavy atom. The second kappa shape index (κ2) is 5.20. The molecule has 1 aromatic heterocycles. The predicted octanol–water partition coefficient (Wildman–Crippen LogP) is -0.317. The number of nitrogens with zero attached hydrogens (tertiary/aromatic N) is 3. The van der Waals surface area contributed by atoms with Crippen molar-refractivity contribution in [3.8, 4) is 0 Å². The van der Waals surface area contributed by atoms with Crippen LogP contribution in [0.15, 0.2) is 18.6 Å². The van der Waals surface area contributed by atoms with Crippen LogP contribution in [0.3, 0.4) is 0 Å². The molecule has 86 valence electrons. The lowest BCUT2D eigenvalue weighted by molar-refractivity contribution is -0.130. The summed E-state index contributed by atoms with van der Waals surface area (Å²) in [4.78, 5) is 32.1. The SMILES string of the molecule is C[C@@H](NC(=O)c1cnccn1)C(=O)N(C)C. The van der Waals surface area contributed by atoms with Gasteiger partial charge in [0, 0.05) is 26.5 Å². The van der Waals surface area contributed by atoms with Crippen LogP contribution in [0, 0.1) is 0 Å². The van der Waals surface area contributed by atoms with Crippen LogP contribution < -0.4 is 5.32 Å². The van der Waals surface area contributed by atoms with Crippen LogP contribution in [0.2, 0.25) is 0 Å². The van der Waals surface area contributed by atoms with Crippen molar-refractivity contribution in [3.05, 3.63) is 24.3 Å². The topological polar surface area (TPSA) is 75.2 Å². The molecule has 0 fully saturated rings. The van der Waals surface area contributed by atoms with Gasteiger partial charge in [0.25, 0.3) is 5.91 Å². The summed E-state index contributed by atoms with van der Waals surface area (Å²) in [5, 5.41) is 2.54. The largest absolute Gasteiger partial charge is 0.347 e. The Labute approximate surface area is 93.7 Å². The van der Waals surface area contributed by atoms with Crippen molar-refractivity contribution in [2.45, 2.75) is 13.0 Å². The molecule has 0 aliphatic rings. The van der Waals surface area contributed by atoms with Gasteiger partial charge in [0.1, 0.15) is 11.7 Å². The first-order valence-electron chi connectivity index (χ1n) is 4.80. The van der Waals surface area contributed by atoms with Crippen molar-refractivity contribution in [2.24, 2.45) is 0 Å². The van der Waals surface area contributed by atoms with Gasteiger partial charge in [-0.05, 0) is 6.92 Å². The number of carbonyl (C=O) groups excluding carboxylic acids is 2. The van der Waals surface area contributed by atoms with Gasteiger partial charge in [0.05, 0.1) is 6.20 Å². The van der Waals surface area contributed by atoms with Gasteiger partial charge in [-0.2, -0.15) is 0 Å². The highest BCUT2D eigenvalue weighted by Gasteiger charge is 2.18. The summed E-state index contributed by atoms with van der Waals surface area (Å²) in [5.41, 5.74) is 0.195. The van der Waals surface area contributed by atoms with Crippen LogP contribution in [0.5, 0.6) is 0 Å². The van der Waals surface area contributed by atoms with Gasteiger partial charge in [0.15, 0.2) is 0 Å². The highest BCUT2D eigenvalue weighted by atomic mass is 16.2. The van der Waals surface area contributed by atoms with Gasteiger partial charge < -0.3 is 10.2 Å². The standard InChI is InChI=1S/C10H14N4O2/c1-7(10(16)14(2)3)13-9(15)8-6-11-4-5-12-8/h4-7H,1-3H3,(H,13,15)/t7-/m1/s1. The molecular formula is C10H14N4O2. The number of likely N-dealkylation sites (N-methyl/N-ethyl adjacent to an activating group) is 1. The molecule has 0 spiro atoms. The van der Waals surface area contributed by atoms with Crippen LogP contribution in [-0.2, 0) is 4.79 Å². The zero-order valence-corrected chi connectivity index (χ0v) is 9.47. The van der Waals surface area contributed by atoms with E-state index < -0.39 is 11.9 Å². The van der Waals surface area contributed by atoms with Crippen LogP contribution >= 0.6 is 0 Å². The fraction of sp³-hybridized carbons (Fsp3) is 0.400. The number of rotatable bonds is 3. The Hall–Kier alpha value is -1.98.